The zero-order chi connectivity index (χ0) is 12.4. The Morgan fingerprint density at radius 2 is 2.22 bits per heavy atom. The molecule has 1 aliphatic rings. The van der Waals surface area contributed by atoms with Gasteiger partial charge in [-0.1, -0.05) is 17.7 Å². The Balaban J connectivity index is 1.72. The first kappa shape index (κ1) is 11.5. The topological polar surface area (TPSA) is 42.7 Å². The van der Waals surface area contributed by atoms with Crippen LogP contribution in [-0.4, -0.2) is 14.8 Å². The minimum absolute atomic E-state index is 0.688. The van der Waals surface area contributed by atoms with Crippen molar-refractivity contribution < 1.29 is 0 Å². The van der Waals surface area contributed by atoms with Crippen molar-refractivity contribution in [1.82, 2.24) is 14.8 Å². The van der Waals surface area contributed by atoms with E-state index < -0.39 is 0 Å². The minimum Gasteiger partial charge on any atom is -0.378 e. The third-order valence-corrected chi connectivity index (χ3v) is 3.45. The van der Waals surface area contributed by atoms with Gasteiger partial charge in [-0.05, 0) is 31.0 Å². The van der Waals surface area contributed by atoms with Gasteiger partial charge in [0.05, 0.1) is 6.54 Å². The molecule has 94 valence electrons. The molecule has 1 aromatic carbocycles. The van der Waals surface area contributed by atoms with E-state index in [2.05, 4.69) is 20.1 Å². The lowest BCUT2D eigenvalue weighted by Crippen LogP contribution is -2.15. The molecule has 0 spiro atoms. The van der Waals surface area contributed by atoms with Gasteiger partial charge in [-0.2, -0.15) is 0 Å². The normalized spacial score (nSPS) is 14.3. The Morgan fingerprint density at radius 1 is 1.28 bits per heavy atom. The highest BCUT2D eigenvalue weighted by atomic mass is 35.5. The molecule has 0 radical (unpaired) electrons. The highest BCUT2D eigenvalue weighted by Crippen LogP contribution is 2.17. The maximum absolute atomic E-state index is 5.95. The Morgan fingerprint density at radius 3 is 3.11 bits per heavy atom. The number of halogens is 1. The van der Waals surface area contributed by atoms with E-state index in [-0.39, 0.29) is 0 Å². The van der Waals surface area contributed by atoms with Crippen molar-refractivity contribution in [3.8, 4) is 0 Å². The zero-order valence-corrected chi connectivity index (χ0v) is 10.8. The molecule has 0 saturated heterocycles. The summed E-state index contributed by atoms with van der Waals surface area (Å²) in [6.07, 6.45) is 3.49. The van der Waals surface area contributed by atoms with Crippen molar-refractivity contribution in [2.75, 3.05) is 5.32 Å². The first-order valence-electron chi connectivity index (χ1n) is 6.23. The number of aromatic nitrogens is 3. The SMILES string of the molecule is Clc1cccc(NCc2nnc3n2CCCC3)c1. The molecule has 0 atom stereocenters. The number of nitrogens with one attached hydrogen (secondary N) is 1. The fourth-order valence-electron chi connectivity index (χ4n) is 2.28. The zero-order valence-electron chi connectivity index (χ0n) is 10.1. The molecule has 2 aromatic rings. The van der Waals surface area contributed by atoms with Crippen LogP contribution >= 0.6 is 11.6 Å². The molecule has 4 nitrogen and oxygen atoms in total. The molecule has 0 unspecified atom stereocenters. The summed E-state index contributed by atoms with van der Waals surface area (Å²) in [5, 5.41) is 12.6. The first-order valence-corrected chi connectivity index (χ1v) is 6.61. The van der Waals surface area contributed by atoms with Gasteiger partial charge in [0.15, 0.2) is 5.82 Å². The van der Waals surface area contributed by atoms with Crippen molar-refractivity contribution in [3.05, 3.63) is 40.9 Å². The highest BCUT2D eigenvalue weighted by Gasteiger charge is 2.15. The van der Waals surface area contributed by atoms with Crippen LogP contribution in [-0.2, 0) is 19.5 Å². The summed E-state index contributed by atoms with van der Waals surface area (Å²) in [7, 11) is 0. The van der Waals surface area contributed by atoms with Gasteiger partial charge in [0.1, 0.15) is 5.82 Å². The van der Waals surface area contributed by atoms with Crippen molar-refractivity contribution in [1.29, 1.82) is 0 Å². The van der Waals surface area contributed by atoms with E-state index in [1.54, 1.807) is 0 Å². The standard InChI is InChI=1S/C13H15ClN4/c14-10-4-3-5-11(8-10)15-9-13-17-16-12-6-1-2-7-18(12)13/h3-5,8,15H,1-2,6-7,9H2. The lowest BCUT2D eigenvalue weighted by Gasteiger charge is -2.15. The lowest BCUT2D eigenvalue weighted by atomic mass is 10.2. The Kier molecular flexibility index (Phi) is 3.19. The summed E-state index contributed by atoms with van der Waals surface area (Å²) >= 11 is 5.95. The van der Waals surface area contributed by atoms with Gasteiger partial charge >= 0.3 is 0 Å². The molecular weight excluding hydrogens is 248 g/mol. The van der Waals surface area contributed by atoms with Crippen LogP contribution in [0.3, 0.4) is 0 Å². The number of aryl methyl sites for hydroxylation is 1. The molecule has 0 fully saturated rings. The van der Waals surface area contributed by atoms with Crippen molar-refractivity contribution in [3.63, 3.8) is 0 Å². The second kappa shape index (κ2) is 4.98. The number of fused-ring (bicyclic) bond motifs is 1. The van der Waals surface area contributed by atoms with Crippen LogP contribution < -0.4 is 5.32 Å². The van der Waals surface area contributed by atoms with Crippen LogP contribution in [0.1, 0.15) is 24.5 Å². The van der Waals surface area contributed by atoms with Gasteiger partial charge in [-0.25, -0.2) is 0 Å². The van der Waals surface area contributed by atoms with Gasteiger partial charge in [-0.3, -0.25) is 0 Å². The first-order chi connectivity index (χ1) is 8.83. The molecule has 1 aliphatic heterocycles. The number of hydrogen-bond acceptors (Lipinski definition) is 3. The third kappa shape index (κ3) is 2.34. The molecular formula is C13H15ClN4. The average molecular weight is 263 g/mol. The van der Waals surface area contributed by atoms with Crippen LogP contribution in [0.25, 0.3) is 0 Å². The molecule has 5 heteroatoms. The van der Waals surface area contributed by atoms with Crippen LogP contribution in [0, 0.1) is 0 Å². The van der Waals surface area contributed by atoms with Crippen LogP contribution in [0.2, 0.25) is 5.02 Å². The maximum Gasteiger partial charge on any atom is 0.152 e. The highest BCUT2D eigenvalue weighted by molar-refractivity contribution is 6.30. The van der Waals surface area contributed by atoms with Gasteiger partial charge in [0.25, 0.3) is 0 Å². The van der Waals surface area contributed by atoms with E-state index in [9.17, 15) is 0 Å². The number of benzene rings is 1. The van der Waals surface area contributed by atoms with Crippen LogP contribution in [0.15, 0.2) is 24.3 Å². The Bertz CT molecular complexity index is 550. The molecule has 1 aromatic heterocycles. The van der Waals surface area contributed by atoms with Gasteiger partial charge < -0.3 is 9.88 Å². The lowest BCUT2D eigenvalue weighted by molar-refractivity contribution is 0.510. The van der Waals surface area contributed by atoms with Gasteiger partial charge in [0.2, 0.25) is 0 Å². The van der Waals surface area contributed by atoms with Gasteiger partial charge in [0, 0.05) is 23.7 Å². The molecule has 0 bridgehead atoms. The van der Waals surface area contributed by atoms with Crippen molar-refractivity contribution >= 4 is 17.3 Å². The largest absolute Gasteiger partial charge is 0.378 e. The van der Waals surface area contributed by atoms with E-state index in [4.69, 9.17) is 11.6 Å². The van der Waals surface area contributed by atoms with Crippen LogP contribution in [0.5, 0.6) is 0 Å². The van der Waals surface area contributed by atoms with Gasteiger partial charge in [-0.15, -0.1) is 10.2 Å². The maximum atomic E-state index is 5.95. The molecule has 3 rings (SSSR count). The smallest absolute Gasteiger partial charge is 0.152 e. The molecule has 18 heavy (non-hydrogen) atoms. The monoisotopic (exact) mass is 262 g/mol. The second-order valence-corrected chi connectivity index (χ2v) is 4.94. The molecule has 2 heterocycles. The Labute approximate surface area is 111 Å². The van der Waals surface area contributed by atoms with E-state index in [1.165, 1.54) is 12.8 Å². The summed E-state index contributed by atoms with van der Waals surface area (Å²) in [6, 6.07) is 7.71. The number of hydrogen-bond donors (Lipinski definition) is 1. The quantitative estimate of drug-likeness (QED) is 0.925. The van der Waals surface area contributed by atoms with E-state index >= 15 is 0 Å². The fourth-order valence-corrected chi connectivity index (χ4v) is 2.47. The van der Waals surface area contributed by atoms with E-state index in [0.717, 1.165) is 35.3 Å². The van der Waals surface area contributed by atoms with E-state index in [0.29, 0.717) is 6.54 Å². The van der Waals surface area contributed by atoms with Crippen LogP contribution in [0.4, 0.5) is 5.69 Å². The summed E-state index contributed by atoms with van der Waals surface area (Å²) < 4.78 is 2.22. The minimum atomic E-state index is 0.688. The fraction of sp³-hybridized carbons (Fsp3) is 0.385. The molecule has 0 aliphatic carbocycles. The molecule has 0 saturated carbocycles. The summed E-state index contributed by atoms with van der Waals surface area (Å²) in [5.74, 6) is 2.12. The second-order valence-electron chi connectivity index (χ2n) is 4.51. The van der Waals surface area contributed by atoms with Crippen molar-refractivity contribution in [2.45, 2.75) is 32.4 Å². The molecule has 1 N–H and O–H groups in total. The number of nitrogens with zero attached hydrogens (tertiary/aromatic N) is 3. The Hall–Kier alpha value is -1.55. The van der Waals surface area contributed by atoms with Crippen molar-refractivity contribution in [2.24, 2.45) is 0 Å². The summed E-state index contributed by atoms with van der Waals surface area (Å²) in [4.78, 5) is 0. The predicted octanol–water partition coefficient (Wildman–Crippen LogP) is 2.88. The third-order valence-electron chi connectivity index (χ3n) is 3.21. The molecule has 0 amide bonds. The summed E-state index contributed by atoms with van der Waals surface area (Å²) in [6.45, 7) is 1.72. The predicted molar refractivity (Wildman–Crippen MR) is 71.7 cm³/mol. The number of rotatable bonds is 3. The van der Waals surface area contributed by atoms with E-state index in [1.807, 2.05) is 24.3 Å². The summed E-state index contributed by atoms with van der Waals surface area (Å²) in [5.41, 5.74) is 1.01. The number of anilines is 1. The average Bonchev–Trinajstić information content (AvgIpc) is 2.80.